The van der Waals surface area contributed by atoms with Gasteiger partial charge in [-0.15, -0.1) is 0 Å². The molecule has 0 fully saturated rings. The van der Waals surface area contributed by atoms with Crippen molar-refractivity contribution in [2.45, 2.75) is 20.3 Å². The number of aromatic hydroxyl groups is 1. The van der Waals surface area contributed by atoms with E-state index in [9.17, 15) is 9.90 Å². The largest absolute Gasteiger partial charge is 0.507 e. The van der Waals surface area contributed by atoms with Gasteiger partial charge in [-0.1, -0.05) is 6.92 Å². The van der Waals surface area contributed by atoms with Crippen LogP contribution in [0, 0.1) is 11.3 Å². The summed E-state index contributed by atoms with van der Waals surface area (Å²) in [6.07, 6.45) is 0.549. The number of ether oxygens (including phenoxy) is 1. The summed E-state index contributed by atoms with van der Waals surface area (Å²) < 4.78 is 4.80. The molecule has 1 aromatic carbocycles. The van der Waals surface area contributed by atoms with Crippen molar-refractivity contribution in [1.29, 1.82) is 5.26 Å². The average molecular weight is 219 g/mol. The Labute approximate surface area is 94.1 Å². The summed E-state index contributed by atoms with van der Waals surface area (Å²) in [6, 6.07) is 4.85. The first-order valence-corrected chi connectivity index (χ1v) is 5.07. The van der Waals surface area contributed by atoms with Crippen LogP contribution in [0.2, 0.25) is 0 Å². The van der Waals surface area contributed by atoms with E-state index in [-0.39, 0.29) is 17.9 Å². The molecule has 0 unspecified atom stereocenters. The van der Waals surface area contributed by atoms with Crippen LogP contribution in [0.15, 0.2) is 12.1 Å². The molecule has 16 heavy (non-hydrogen) atoms. The number of phenolic OH excluding ortho intramolecular Hbond substituents is 1. The van der Waals surface area contributed by atoms with Crippen molar-refractivity contribution in [3.05, 3.63) is 28.8 Å². The van der Waals surface area contributed by atoms with Gasteiger partial charge >= 0.3 is 5.97 Å². The third kappa shape index (κ3) is 2.31. The smallest absolute Gasteiger partial charge is 0.341 e. The molecule has 0 radical (unpaired) electrons. The summed E-state index contributed by atoms with van der Waals surface area (Å²) in [7, 11) is 0. The maximum absolute atomic E-state index is 11.5. The number of aryl methyl sites for hydroxylation is 1. The first-order valence-electron chi connectivity index (χ1n) is 5.07. The van der Waals surface area contributed by atoms with Crippen LogP contribution in [0.1, 0.15) is 35.3 Å². The molecule has 0 bridgehead atoms. The van der Waals surface area contributed by atoms with Gasteiger partial charge < -0.3 is 9.84 Å². The number of rotatable bonds is 3. The van der Waals surface area contributed by atoms with E-state index in [0.29, 0.717) is 17.5 Å². The number of nitrogens with zero attached hydrogens (tertiary/aromatic N) is 1. The van der Waals surface area contributed by atoms with Crippen LogP contribution in [0.25, 0.3) is 0 Å². The molecular weight excluding hydrogens is 206 g/mol. The highest BCUT2D eigenvalue weighted by Gasteiger charge is 2.16. The Bertz CT molecular complexity index is 446. The summed E-state index contributed by atoms with van der Waals surface area (Å²) in [5.41, 5.74) is 0.970. The Hall–Kier alpha value is -2.02. The average Bonchev–Trinajstić information content (AvgIpc) is 2.29. The minimum atomic E-state index is -0.605. The quantitative estimate of drug-likeness (QED) is 0.789. The summed E-state index contributed by atoms with van der Waals surface area (Å²) in [5.74, 6) is -0.702. The molecule has 0 amide bonds. The van der Waals surface area contributed by atoms with Gasteiger partial charge in [0.25, 0.3) is 0 Å². The monoisotopic (exact) mass is 219 g/mol. The van der Waals surface area contributed by atoms with Crippen molar-refractivity contribution in [2.24, 2.45) is 0 Å². The topological polar surface area (TPSA) is 70.3 Å². The summed E-state index contributed by atoms with van der Waals surface area (Å²) in [5, 5.41) is 18.6. The number of phenols is 1. The molecule has 0 atom stereocenters. The molecule has 0 saturated carbocycles. The number of carbonyl (C=O) groups excluding carboxylic acids is 1. The van der Waals surface area contributed by atoms with E-state index >= 15 is 0 Å². The van der Waals surface area contributed by atoms with Crippen molar-refractivity contribution in [1.82, 2.24) is 0 Å². The lowest BCUT2D eigenvalue weighted by atomic mass is 10.0. The first kappa shape index (κ1) is 12.1. The van der Waals surface area contributed by atoms with Crippen LogP contribution >= 0.6 is 0 Å². The van der Waals surface area contributed by atoms with Crippen molar-refractivity contribution in [2.75, 3.05) is 6.61 Å². The molecule has 84 valence electrons. The molecule has 0 heterocycles. The van der Waals surface area contributed by atoms with Gasteiger partial charge in [-0.05, 0) is 31.0 Å². The van der Waals surface area contributed by atoms with E-state index in [1.165, 1.54) is 6.07 Å². The highest BCUT2D eigenvalue weighted by atomic mass is 16.5. The van der Waals surface area contributed by atoms with Crippen molar-refractivity contribution >= 4 is 5.97 Å². The normalized spacial score (nSPS) is 9.56. The lowest BCUT2D eigenvalue weighted by Crippen LogP contribution is -2.06. The molecule has 1 aromatic rings. The molecule has 0 spiro atoms. The number of carbonyl (C=O) groups is 1. The number of nitriles is 1. The van der Waals surface area contributed by atoms with Crippen LogP contribution in [0.5, 0.6) is 5.75 Å². The van der Waals surface area contributed by atoms with Crippen LogP contribution in [0.3, 0.4) is 0 Å². The van der Waals surface area contributed by atoms with Gasteiger partial charge in [-0.2, -0.15) is 5.26 Å². The van der Waals surface area contributed by atoms with Gasteiger partial charge in [0.2, 0.25) is 0 Å². The second-order valence-corrected chi connectivity index (χ2v) is 3.22. The van der Waals surface area contributed by atoms with E-state index < -0.39 is 5.97 Å². The predicted octanol–water partition coefficient (Wildman–Crippen LogP) is 2.00. The molecule has 0 aliphatic heterocycles. The number of hydrogen-bond acceptors (Lipinski definition) is 4. The van der Waals surface area contributed by atoms with Crippen LogP contribution in [-0.4, -0.2) is 17.7 Å². The Morgan fingerprint density at radius 1 is 1.50 bits per heavy atom. The van der Waals surface area contributed by atoms with E-state index in [2.05, 4.69) is 0 Å². The molecular formula is C12H13NO3. The third-order valence-electron chi connectivity index (χ3n) is 2.19. The number of esters is 1. The van der Waals surface area contributed by atoms with Crippen molar-refractivity contribution in [3.63, 3.8) is 0 Å². The van der Waals surface area contributed by atoms with Gasteiger partial charge in [0.05, 0.1) is 18.2 Å². The summed E-state index contributed by atoms with van der Waals surface area (Å²) in [4.78, 5) is 11.5. The molecule has 1 N–H and O–H groups in total. The number of benzene rings is 1. The van der Waals surface area contributed by atoms with E-state index in [1.807, 2.05) is 13.0 Å². The Morgan fingerprint density at radius 3 is 2.69 bits per heavy atom. The van der Waals surface area contributed by atoms with Crippen LogP contribution < -0.4 is 0 Å². The van der Waals surface area contributed by atoms with Gasteiger partial charge in [-0.25, -0.2) is 4.79 Å². The van der Waals surface area contributed by atoms with Gasteiger partial charge in [0, 0.05) is 0 Å². The highest BCUT2D eigenvalue weighted by Crippen LogP contribution is 2.25. The second kappa shape index (κ2) is 5.17. The fourth-order valence-electron chi connectivity index (χ4n) is 1.39. The molecule has 1 rings (SSSR count). The third-order valence-corrected chi connectivity index (χ3v) is 2.19. The molecule has 0 aliphatic rings. The Balaban J connectivity index is 3.27. The lowest BCUT2D eigenvalue weighted by molar-refractivity contribution is 0.0523. The van der Waals surface area contributed by atoms with E-state index in [1.54, 1.807) is 13.0 Å². The van der Waals surface area contributed by atoms with Crippen LogP contribution in [-0.2, 0) is 11.2 Å². The minimum Gasteiger partial charge on any atom is -0.507 e. The summed E-state index contributed by atoms with van der Waals surface area (Å²) >= 11 is 0. The van der Waals surface area contributed by atoms with Crippen molar-refractivity contribution < 1.29 is 14.6 Å². The summed E-state index contributed by atoms with van der Waals surface area (Å²) in [6.45, 7) is 3.76. The van der Waals surface area contributed by atoms with Crippen molar-refractivity contribution in [3.8, 4) is 11.8 Å². The Kier molecular flexibility index (Phi) is 3.90. The SMILES string of the molecule is CCOC(=O)c1cc(C#N)cc(CC)c1O. The molecule has 0 saturated heterocycles. The first-order chi connectivity index (χ1) is 7.63. The zero-order chi connectivity index (χ0) is 12.1. The van der Waals surface area contributed by atoms with Gasteiger partial charge in [-0.3, -0.25) is 0 Å². The standard InChI is InChI=1S/C12H13NO3/c1-3-9-5-8(7-13)6-10(11(9)14)12(15)16-4-2/h5-6,14H,3-4H2,1-2H3. The molecule has 4 nitrogen and oxygen atoms in total. The Morgan fingerprint density at radius 2 is 2.19 bits per heavy atom. The van der Waals surface area contributed by atoms with E-state index in [0.717, 1.165) is 0 Å². The minimum absolute atomic E-state index is 0.0535. The second-order valence-electron chi connectivity index (χ2n) is 3.22. The molecule has 0 aromatic heterocycles. The molecule has 0 aliphatic carbocycles. The highest BCUT2D eigenvalue weighted by molar-refractivity contribution is 5.93. The predicted molar refractivity (Wildman–Crippen MR) is 58.2 cm³/mol. The fraction of sp³-hybridized carbons (Fsp3) is 0.333. The lowest BCUT2D eigenvalue weighted by Gasteiger charge is -2.08. The van der Waals surface area contributed by atoms with E-state index in [4.69, 9.17) is 10.00 Å². The zero-order valence-electron chi connectivity index (χ0n) is 9.28. The number of hydrogen-bond donors (Lipinski definition) is 1. The van der Waals surface area contributed by atoms with Crippen LogP contribution in [0.4, 0.5) is 0 Å². The maximum Gasteiger partial charge on any atom is 0.341 e. The van der Waals surface area contributed by atoms with Gasteiger partial charge in [0.1, 0.15) is 11.3 Å². The van der Waals surface area contributed by atoms with Gasteiger partial charge in [0.15, 0.2) is 0 Å². The zero-order valence-corrected chi connectivity index (χ0v) is 9.28. The maximum atomic E-state index is 11.5. The molecule has 4 heteroatoms. The fourth-order valence-corrected chi connectivity index (χ4v) is 1.39.